The molecule has 1 N–H and O–H groups in total. The fraction of sp³-hybridized carbons (Fsp3) is 0.357. The first-order valence-corrected chi connectivity index (χ1v) is 6.35. The lowest BCUT2D eigenvalue weighted by Gasteiger charge is -2.09. The van der Waals surface area contributed by atoms with Crippen molar-refractivity contribution in [3.8, 4) is 0 Å². The molecule has 0 aliphatic heterocycles. The third kappa shape index (κ3) is 3.86. The van der Waals surface area contributed by atoms with Gasteiger partial charge in [-0.05, 0) is 36.7 Å². The van der Waals surface area contributed by atoms with Crippen molar-refractivity contribution in [2.45, 2.75) is 26.4 Å². The van der Waals surface area contributed by atoms with Crippen LogP contribution in [0.2, 0.25) is 0 Å². The Hall–Kier alpha value is -1.75. The van der Waals surface area contributed by atoms with Gasteiger partial charge in [-0.25, -0.2) is 8.78 Å². The molecular formula is C14H17F2N3. The van der Waals surface area contributed by atoms with E-state index in [0.717, 1.165) is 24.7 Å². The zero-order valence-corrected chi connectivity index (χ0v) is 10.9. The molecule has 0 radical (unpaired) electrons. The molecule has 2 rings (SSSR count). The minimum atomic E-state index is -0.562. The summed E-state index contributed by atoms with van der Waals surface area (Å²) in [5.41, 5.74) is 1.57. The summed E-state index contributed by atoms with van der Waals surface area (Å²) in [5, 5.41) is 7.46. The molecule has 0 fully saturated rings. The van der Waals surface area contributed by atoms with Crippen LogP contribution in [-0.4, -0.2) is 16.3 Å². The lowest BCUT2D eigenvalue weighted by Crippen LogP contribution is -2.17. The third-order valence-corrected chi connectivity index (χ3v) is 2.79. The molecule has 5 heteroatoms. The van der Waals surface area contributed by atoms with Crippen LogP contribution in [0, 0.1) is 11.6 Å². The van der Waals surface area contributed by atoms with E-state index >= 15 is 0 Å². The summed E-state index contributed by atoms with van der Waals surface area (Å²) in [4.78, 5) is 0. The van der Waals surface area contributed by atoms with Crippen LogP contribution in [0.3, 0.4) is 0 Å². The van der Waals surface area contributed by atoms with Crippen LogP contribution >= 0.6 is 0 Å². The Bertz CT molecular complexity index is 517. The largest absolute Gasteiger partial charge is 0.311 e. The number of halogens is 2. The molecule has 0 atom stereocenters. The van der Waals surface area contributed by atoms with Crippen LogP contribution in [0.5, 0.6) is 0 Å². The smallest absolute Gasteiger partial charge is 0.126 e. The second-order valence-corrected chi connectivity index (χ2v) is 4.43. The molecule has 0 aliphatic rings. The van der Waals surface area contributed by atoms with Crippen LogP contribution in [-0.2, 0) is 13.1 Å². The summed E-state index contributed by atoms with van der Waals surface area (Å²) in [7, 11) is 0. The van der Waals surface area contributed by atoms with Crippen LogP contribution in [0.4, 0.5) is 8.78 Å². The Labute approximate surface area is 111 Å². The number of rotatable bonds is 6. The van der Waals surface area contributed by atoms with E-state index in [1.54, 1.807) is 10.9 Å². The van der Waals surface area contributed by atoms with Crippen LogP contribution < -0.4 is 5.32 Å². The molecule has 1 aromatic heterocycles. The first-order valence-electron chi connectivity index (χ1n) is 6.35. The third-order valence-electron chi connectivity index (χ3n) is 2.79. The van der Waals surface area contributed by atoms with Gasteiger partial charge in [0.1, 0.15) is 11.6 Å². The minimum absolute atomic E-state index is 0.366. The predicted molar refractivity (Wildman–Crippen MR) is 69.7 cm³/mol. The summed E-state index contributed by atoms with van der Waals surface area (Å²) in [6.45, 7) is 4.09. The molecule has 19 heavy (non-hydrogen) atoms. The first-order chi connectivity index (χ1) is 9.19. The van der Waals surface area contributed by atoms with Gasteiger partial charge >= 0.3 is 0 Å². The van der Waals surface area contributed by atoms with Gasteiger partial charge in [-0.1, -0.05) is 6.92 Å². The Morgan fingerprint density at radius 3 is 2.63 bits per heavy atom. The average molecular weight is 265 g/mol. The minimum Gasteiger partial charge on any atom is -0.311 e. The fourth-order valence-corrected chi connectivity index (χ4v) is 1.92. The van der Waals surface area contributed by atoms with E-state index in [0.29, 0.717) is 18.7 Å². The highest BCUT2D eigenvalue weighted by atomic mass is 19.1. The maximum absolute atomic E-state index is 13.1. The Balaban J connectivity index is 2.08. The predicted octanol–water partition coefficient (Wildman–Crippen LogP) is 2.71. The lowest BCUT2D eigenvalue weighted by molar-refractivity contribution is 0.565. The molecule has 3 nitrogen and oxygen atoms in total. The molecular weight excluding hydrogens is 248 g/mol. The van der Waals surface area contributed by atoms with Gasteiger partial charge in [-0.3, -0.25) is 4.68 Å². The monoisotopic (exact) mass is 265 g/mol. The Kier molecular flexibility index (Phi) is 4.63. The fourth-order valence-electron chi connectivity index (χ4n) is 1.92. The van der Waals surface area contributed by atoms with Gasteiger partial charge in [0.25, 0.3) is 0 Å². The van der Waals surface area contributed by atoms with Crippen molar-refractivity contribution in [2.24, 2.45) is 0 Å². The summed E-state index contributed by atoms with van der Waals surface area (Å²) in [5.74, 6) is -1.12. The van der Waals surface area contributed by atoms with Crippen LogP contribution in [0.1, 0.15) is 24.6 Å². The average Bonchev–Trinajstić information content (AvgIpc) is 2.76. The maximum Gasteiger partial charge on any atom is 0.126 e. The normalized spacial score (nSPS) is 10.9. The van der Waals surface area contributed by atoms with Crippen molar-refractivity contribution < 1.29 is 8.78 Å². The number of nitrogens with zero attached hydrogens (tertiary/aromatic N) is 2. The van der Waals surface area contributed by atoms with Crippen molar-refractivity contribution in [1.29, 1.82) is 0 Å². The SMILES string of the molecule is CCCNCc1ccnn1Cc1cc(F)cc(F)c1. The van der Waals surface area contributed by atoms with Crippen molar-refractivity contribution in [1.82, 2.24) is 15.1 Å². The molecule has 2 aromatic rings. The van der Waals surface area contributed by atoms with E-state index < -0.39 is 11.6 Å². The highest BCUT2D eigenvalue weighted by molar-refractivity contribution is 5.18. The van der Waals surface area contributed by atoms with E-state index in [9.17, 15) is 8.78 Å². The second-order valence-electron chi connectivity index (χ2n) is 4.43. The van der Waals surface area contributed by atoms with E-state index in [1.165, 1.54) is 12.1 Å². The van der Waals surface area contributed by atoms with Gasteiger partial charge in [0.2, 0.25) is 0 Å². The summed E-state index contributed by atoms with van der Waals surface area (Å²) < 4.78 is 28.0. The highest BCUT2D eigenvalue weighted by Gasteiger charge is 2.05. The number of nitrogens with one attached hydrogen (secondary N) is 1. The molecule has 0 spiro atoms. The van der Waals surface area contributed by atoms with Gasteiger partial charge in [0.15, 0.2) is 0 Å². The number of aromatic nitrogens is 2. The highest BCUT2D eigenvalue weighted by Crippen LogP contribution is 2.10. The standard InChI is InChI=1S/C14H17F2N3/c1-2-4-17-9-14-3-5-18-19(14)10-11-6-12(15)8-13(16)7-11/h3,5-8,17H,2,4,9-10H2,1H3. The molecule has 0 unspecified atom stereocenters. The molecule has 0 saturated heterocycles. The molecule has 0 saturated carbocycles. The Morgan fingerprint density at radius 1 is 1.21 bits per heavy atom. The lowest BCUT2D eigenvalue weighted by atomic mass is 10.2. The molecule has 102 valence electrons. The number of hydrogen-bond donors (Lipinski definition) is 1. The maximum atomic E-state index is 13.1. The summed E-state index contributed by atoms with van der Waals surface area (Å²) in [6.07, 6.45) is 2.75. The van der Waals surface area contributed by atoms with Crippen molar-refractivity contribution in [3.05, 3.63) is 53.4 Å². The van der Waals surface area contributed by atoms with E-state index in [1.807, 2.05) is 6.07 Å². The van der Waals surface area contributed by atoms with Crippen molar-refractivity contribution in [3.63, 3.8) is 0 Å². The van der Waals surface area contributed by atoms with E-state index in [2.05, 4.69) is 17.3 Å². The van der Waals surface area contributed by atoms with Gasteiger partial charge in [-0.15, -0.1) is 0 Å². The Morgan fingerprint density at radius 2 is 1.95 bits per heavy atom. The molecule has 0 bridgehead atoms. The molecule has 0 amide bonds. The summed E-state index contributed by atoms with van der Waals surface area (Å²) >= 11 is 0. The molecule has 1 aromatic carbocycles. The second kappa shape index (κ2) is 6.43. The van der Waals surface area contributed by atoms with Gasteiger partial charge in [0.05, 0.1) is 12.2 Å². The molecule has 1 heterocycles. The zero-order chi connectivity index (χ0) is 13.7. The summed E-state index contributed by atoms with van der Waals surface area (Å²) in [6, 6.07) is 5.43. The number of benzene rings is 1. The van der Waals surface area contributed by atoms with Gasteiger partial charge in [0, 0.05) is 18.8 Å². The topological polar surface area (TPSA) is 29.9 Å². The quantitative estimate of drug-likeness (QED) is 0.814. The first kappa shape index (κ1) is 13.7. The zero-order valence-electron chi connectivity index (χ0n) is 10.9. The van der Waals surface area contributed by atoms with E-state index in [-0.39, 0.29) is 0 Å². The van der Waals surface area contributed by atoms with E-state index in [4.69, 9.17) is 0 Å². The van der Waals surface area contributed by atoms with Crippen LogP contribution in [0.25, 0.3) is 0 Å². The van der Waals surface area contributed by atoms with Crippen molar-refractivity contribution >= 4 is 0 Å². The van der Waals surface area contributed by atoms with Crippen LogP contribution in [0.15, 0.2) is 30.5 Å². The van der Waals surface area contributed by atoms with Gasteiger partial charge in [-0.2, -0.15) is 5.10 Å². The van der Waals surface area contributed by atoms with Crippen molar-refractivity contribution in [2.75, 3.05) is 6.54 Å². The van der Waals surface area contributed by atoms with Gasteiger partial charge < -0.3 is 5.32 Å². The number of hydrogen-bond acceptors (Lipinski definition) is 2. The molecule has 0 aliphatic carbocycles.